The Balaban J connectivity index is 1.47. The van der Waals surface area contributed by atoms with E-state index >= 15 is 0 Å². The second kappa shape index (κ2) is 10.1. The van der Waals surface area contributed by atoms with Gasteiger partial charge in [-0.15, -0.1) is 11.8 Å². The minimum Gasteiger partial charge on any atom is -0.334 e. The summed E-state index contributed by atoms with van der Waals surface area (Å²) in [4.78, 5) is 24.9. The number of fused-ring (bicyclic) bond motifs is 1. The van der Waals surface area contributed by atoms with Crippen LogP contribution in [0.1, 0.15) is 61.6 Å². The molecule has 0 N–H and O–H groups in total. The van der Waals surface area contributed by atoms with Crippen LogP contribution in [-0.4, -0.2) is 32.1 Å². The molecule has 0 radical (unpaired) electrons. The van der Waals surface area contributed by atoms with Crippen LogP contribution in [0.4, 0.5) is 8.78 Å². The molecule has 4 nitrogen and oxygen atoms in total. The van der Waals surface area contributed by atoms with E-state index in [9.17, 15) is 13.6 Å². The minimum absolute atomic E-state index is 0.0336. The first kappa shape index (κ1) is 23.9. The van der Waals surface area contributed by atoms with Crippen molar-refractivity contribution in [3.05, 3.63) is 77.2 Å². The van der Waals surface area contributed by atoms with Crippen molar-refractivity contribution in [3.8, 4) is 11.3 Å². The molecule has 1 saturated carbocycles. The molecule has 1 aliphatic heterocycles. The molecule has 1 amide bonds. The largest absolute Gasteiger partial charge is 0.334 e. The van der Waals surface area contributed by atoms with Gasteiger partial charge in [-0.2, -0.15) is 0 Å². The number of hydrogen-bond acceptors (Lipinski definition) is 4. The van der Waals surface area contributed by atoms with Crippen LogP contribution in [-0.2, 0) is 11.3 Å². The Hall–Kier alpha value is -2.80. The zero-order valence-electron chi connectivity index (χ0n) is 20.0. The molecule has 2 aliphatic rings. The van der Waals surface area contributed by atoms with Crippen molar-refractivity contribution in [2.45, 2.75) is 74.6 Å². The number of carbonyl (C=O) groups is 1. The summed E-state index contributed by atoms with van der Waals surface area (Å²) in [5, 5.41) is -0.540. The molecule has 5 rings (SSSR count). The number of benzene rings is 2. The van der Waals surface area contributed by atoms with Gasteiger partial charge in [0.2, 0.25) is 5.91 Å². The standard InChI is InChI=1S/C28H29F2N3OS/c1-17-8-9-19(24-15-31-12-13-32-24)14-20(17)16-33(21-6-4-3-5-7-21)28(34)26-18(2)25-22(29)10-11-23(30)27(25)35-26/h8-15,18,21,26H,3-7,16H2,1-2H3. The highest BCUT2D eigenvalue weighted by Gasteiger charge is 2.42. The molecule has 0 bridgehead atoms. The zero-order valence-corrected chi connectivity index (χ0v) is 20.8. The molecule has 182 valence electrons. The quantitative estimate of drug-likeness (QED) is 0.398. The van der Waals surface area contributed by atoms with Crippen molar-refractivity contribution in [1.29, 1.82) is 0 Å². The maximum atomic E-state index is 14.6. The zero-order chi connectivity index (χ0) is 24.5. The van der Waals surface area contributed by atoms with Gasteiger partial charge in [-0.25, -0.2) is 8.78 Å². The highest BCUT2D eigenvalue weighted by Crippen LogP contribution is 2.48. The van der Waals surface area contributed by atoms with E-state index in [-0.39, 0.29) is 16.8 Å². The van der Waals surface area contributed by atoms with Crippen LogP contribution in [0.5, 0.6) is 0 Å². The van der Waals surface area contributed by atoms with Gasteiger partial charge in [0.1, 0.15) is 11.6 Å². The van der Waals surface area contributed by atoms with Crippen molar-refractivity contribution in [2.75, 3.05) is 0 Å². The number of amides is 1. The highest BCUT2D eigenvalue weighted by molar-refractivity contribution is 8.01. The second-order valence-electron chi connectivity index (χ2n) is 9.59. The Bertz CT molecular complexity index is 1230. The van der Waals surface area contributed by atoms with E-state index in [1.807, 2.05) is 24.8 Å². The van der Waals surface area contributed by atoms with E-state index in [1.54, 1.807) is 18.6 Å². The molecule has 1 aromatic heterocycles. The van der Waals surface area contributed by atoms with Crippen LogP contribution in [0.3, 0.4) is 0 Å². The van der Waals surface area contributed by atoms with Crippen LogP contribution in [0.2, 0.25) is 0 Å². The molecule has 1 aliphatic carbocycles. The van der Waals surface area contributed by atoms with Gasteiger partial charge in [-0.3, -0.25) is 14.8 Å². The SMILES string of the molecule is Cc1ccc(-c2cnccn2)cc1CN(C(=O)C1Sc2c(F)ccc(F)c2C1C)C1CCCCC1. The molecule has 2 atom stereocenters. The van der Waals surface area contributed by atoms with E-state index < -0.39 is 22.8 Å². The van der Waals surface area contributed by atoms with Gasteiger partial charge in [0.05, 0.1) is 22.0 Å². The monoisotopic (exact) mass is 493 g/mol. The Labute approximate surface area is 209 Å². The van der Waals surface area contributed by atoms with E-state index in [2.05, 4.69) is 22.1 Å². The third-order valence-corrected chi connectivity index (χ3v) is 8.85. The van der Waals surface area contributed by atoms with Crippen LogP contribution < -0.4 is 0 Å². The van der Waals surface area contributed by atoms with E-state index in [0.29, 0.717) is 12.1 Å². The molecule has 1 fully saturated rings. The first-order chi connectivity index (χ1) is 16.9. The summed E-state index contributed by atoms with van der Waals surface area (Å²) < 4.78 is 29.1. The average molecular weight is 494 g/mol. The molecule has 7 heteroatoms. The van der Waals surface area contributed by atoms with Crippen LogP contribution in [0.25, 0.3) is 11.3 Å². The van der Waals surface area contributed by atoms with Crippen molar-refractivity contribution in [1.82, 2.24) is 14.9 Å². The fourth-order valence-electron chi connectivity index (χ4n) is 5.31. The summed E-state index contributed by atoms with van der Waals surface area (Å²) in [5.41, 5.74) is 4.22. The Morgan fingerprint density at radius 2 is 1.86 bits per heavy atom. The Morgan fingerprint density at radius 1 is 1.09 bits per heavy atom. The number of aromatic nitrogens is 2. The number of rotatable bonds is 5. The molecular formula is C28H29F2N3OS. The van der Waals surface area contributed by atoms with E-state index in [1.165, 1.54) is 18.2 Å². The summed E-state index contributed by atoms with van der Waals surface area (Å²) in [7, 11) is 0. The van der Waals surface area contributed by atoms with E-state index in [4.69, 9.17) is 0 Å². The topological polar surface area (TPSA) is 46.1 Å². The number of nitrogens with zero attached hydrogens (tertiary/aromatic N) is 3. The summed E-state index contributed by atoms with van der Waals surface area (Å²) in [6.07, 6.45) is 10.3. The summed E-state index contributed by atoms with van der Waals surface area (Å²) in [6, 6.07) is 8.60. The van der Waals surface area contributed by atoms with Gasteiger partial charge in [-0.1, -0.05) is 38.3 Å². The normalized spacial score (nSPS) is 20.0. The number of carbonyl (C=O) groups excluding carboxylic acids is 1. The van der Waals surface area contributed by atoms with Gasteiger partial charge in [-0.05, 0) is 49.1 Å². The summed E-state index contributed by atoms with van der Waals surface area (Å²) >= 11 is 1.18. The van der Waals surface area contributed by atoms with Crippen molar-refractivity contribution in [3.63, 3.8) is 0 Å². The molecule has 35 heavy (non-hydrogen) atoms. The number of thioether (sulfide) groups is 1. The van der Waals surface area contributed by atoms with Gasteiger partial charge >= 0.3 is 0 Å². The Morgan fingerprint density at radius 3 is 2.57 bits per heavy atom. The second-order valence-corrected chi connectivity index (χ2v) is 10.7. The molecule has 2 aromatic carbocycles. The minimum atomic E-state index is -0.540. The maximum absolute atomic E-state index is 14.6. The third-order valence-electron chi connectivity index (χ3n) is 7.34. The molecule has 2 heterocycles. The van der Waals surface area contributed by atoms with Crippen LogP contribution in [0, 0.1) is 18.6 Å². The smallest absolute Gasteiger partial charge is 0.237 e. The van der Waals surface area contributed by atoms with Crippen molar-refractivity contribution in [2.24, 2.45) is 0 Å². The lowest BCUT2D eigenvalue weighted by molar-refractivity contribution is -0.134. The van der Waals surface area contributed by atoms with Crippen molar-refractivity contribution >= 4 is 17.7 Å². The number of aryl methyl sites for hydroxylation is 1. The molecule has 2 unspecified atom stereocenters. The number of hydrogen-bond donors (Lipinski definition) is 0. The maximum Gasteiger partial charge on any atom is 0.237 e. The van der Waals surface area contributed by atoms with Gasteiger partial charge < -0.3 is 4.90 Å². The van der Waals surface area contributed by atoms with E-state index in [0.717, 1.165) is 60.2 Å². The number of halogens is 2. The lowest BCUT2D eigenvalue weighted by Gasteiger charge is -2.37. The van der Waals surface area contributed by atoms with Crippen LogP contribution in [0.15, 0.2) is 53.8 Å². The lowest BCUT2D eigenvalue weighted by atomic mass is 9.91. The fourth-order valence-corrected chi connectivity index (χ4v) is 6.73. The lowest BCUT2D eigenvalue weighted by Crippen LogP contribution is -2.45. The predicted molar refractivity (Wildman–Crippen MR) is 134 cm³/mol. The molecule has 0 spiro atoms. The fraction of sp³-hybridized carbons (Fsp3) is 0.393. The first-order valence-corrected chi connectivity index (χ1v) is 13.1. The summed E-state index contributed by atoms with van der Waals surface area (Å²) in [6.45, 7) is 4.35. The van der Waals surface area contributed by atoms with Gasteiger partial charge in [0.15, 0.2) is 0 Å². The molecule has 3 aromatic rings. The first-order valence-electron chi connectivity index (χ1n) is 12.2. The van der Waals surface area contributed by atoms with Crippen LogP contribution >= 0.6 is 11.8 Å². The summed E-state index contributed by atoms with van der Waals surface area (Å²) in [5.74, 6) is -1.32. The van der Waals surface area contributed by atoms with Crippen molar-refractivity contribution < 1.29 is 13.6 Å². The van der Waals surface area contributed by atoms with Gasteiger partial charge in [0.25, 0.3) is 0 Å². The van der Waals surface area contributed by atoms with Gasteiger partial charge in [0, 0.05) is 42.0 Å². The highest BCUT2D eigenvalue weighted by atomic mass is 32.2. The molecule has 0 saturated heterocycles. The third kappa shape index (κ3) is 4.70. The molecular weight excluding hydrogens is 464 g/mol. The predicted octanol–water partition coefficient (Wildman–Crippen LogP) is 6.67. The average Bonchev–Trinajstić information content (AvgIpc) is 3.25. The Kier molecular flexibility index (Phi) is 6.87.